The summed E-state index contributed by atoms with van der Waals surface area (Å²) in [6, 6.07) is 24.6. The van der Waals surface area contributed by atoms with Crippen molar-refractivity contribution in [2.24, 2.45) is 0 Å². The summed E-state index contributed by atoms with van der Waals surface area (Å²) in [7, 11) is 1.49. The lowest BCUT2D eigenvalue weighted by Crippen LogP contribution is -2.61. The summed E-state index contributed by atoms with van der Waals surface area (Å²) < 4.78 is 11.1. The van der Waals surface area contributed by atoms with Crippen LogP contribution in [-0.2, 0) is 21.7 Å². The SMILES string of the molecule is COc1cc(C(=O)N2CC(NC(=O)COc3cccc(C(O)(C(=O)O)c4ccccc4)c3)C2)ccc1CNCC(O)c1ccc(O)c2[nH]c(=O)ccc12. The first-order valence-electron chi connectivity index (χ1n) is 16.7. The molecule has 7 N–H and O–H groups in total. The highest BCUT2D eigenvalue weighted by Gasteiger charge is 2.40. The number of aromatic hydroxyl groups is 1. The van der Waals surface area contributed by atoms with E-state index in [9.17, 15) is 39.6 Å². The number of ether oxygens (including phenoxy) is 2. The number of fused-ring (bicyclic) bond motifs is 1. The van der Waals surface area contributed by atoms with E-state index in [-0.39, 0.29) is 71.9 Å². The number of carbonyl (C=O) groups is 3. The van der Waals surface area contributed by atoms with Gasteiger partial charge in [-0.3, -0.25) is 14.4 Å². The van der Waals surface area contributed by atoms with Gasteiger partial charge >= 0.3 is 5.97 Å². The third kappa shape index (κ3) is 7.84. The minimum Gasteiger partial charge on any atom is -0.506 e. The number of methoxy groups -OCH3 is 1. The molecule has 1 fully saturated rings. The molecule has 2 unspecified atom stereocenters. The highest BCUT2D eigenvalue weighted by atomic mass is 16.5. The quantitative estimate of drug-likeness (QED) is 0.0885. The Labute approximate surface area is 303 Å². The van der Waals surface area contributed by atoms with Crippen LogP contribution < -0.4 is 25.7 Å². The van der Waals surface area contributed by atoms with Crippen molar-refractivity contribution in [3.8, 4) is 17.2 Å². The molecule has 1 aliphatic rings. The summed E-state index contributed by atoms with van der Waals surface area (Å²) >= 11 is 0. The number of hydrogen-bond acceptors (Lipinski definition) is 10. The van der Waals surface area contributed by atoms with E-state index >= 15 is 0 Å². The first-order chi connectivity index (χ1) is 25.5. The molecule has 0 spiro atoms. The number of phenols is 1. The highest BCUT2D eigenvalue weighted by molar-refractivity contribution is 5.95. The average molecular weight is 723 g/mol. The molecule has 14 heteroatoms. The fourth-order valence-corrected chi connectivity index (χ4v) is 6.27. The number of likely N-dealkylation sites (tertiary alicyclic amines) is 1. The van der Waals surface area contributed by atoms with Gasteiger partial charge in [-0.05, 0) is 47.5 Å². The number of carbonyl (C=O) groups excluding carboxylic acids is 2. The summed E-state index contributed by atoms with van der Waals surface area (Å²) in [6.45, 7) is 0.682. The van der Waals surface area contributed by atoms with Crippen molar-refractivity contribution in [2.45, 2.75) is 24.3 Å². The number of aliphatic carboxylic acids is 1. The van der Waals surface area contributed by atoms with Crippen LogP contribution in [-0.4, -0.2) is 87.5 Å². The van der Waals surface area contributed by atoms with Gasteiger partial charge in [0.15, 0.2) is 6.61 Å². The predicted octanol–water partition coefficient (Wildman–Crippen LogP) is 2.41. The fraction of sp³-hybridized carbons (Fsp3) is 0.231. The van der Waals surface area contributed by atoms with E-state index in [1.165, 1.54) is 49.6 Å². The van der Waals surface area contributed by atoms with Gasteiger partial charge in [0.25, 0.3) is 11.8 Å². The zero-order valence-electron chi connectivity index (χ0n) is 28.6. The first-order valence-corrected chi connectivity index (χ1v) is 16.7. The van der Waals surface area contributed by atoms with E-state index in [0.717, 1.165) is 5.56 Å². The molecule has 1 aliphatic heterocycles. The predicted molar refractivity (Wildman–Crippen MR) is 193 cm³/mol. The van der Waals surface area contributed by atoms with Crippen LogP contribution in [0.5, 0.6) is 17.2 Å². The van der Waals surface area contributed by atoms with E-state index < -0.39 is 23.6 Å². The number of carboxylic acid groups (broad SMARTS) is 1. The third-order valence-corrected chi connectivity index (χ3v) is 9.11. The van der Waals surface area contributed by atoms with E-state index in [1.807, 2.05) is 0 Å². The Morgan fingerprint density at radius 3 is 2.45 bits per heavy atom. The monoisotopic (exact) mass is 722 g/mol. The molecule has 2 heterocycles. The number of aliphatic hydroxyl groups is 2. The number of aromatic nitrogens is 1. The molecule has 274 valence electrons. The van der Waals surface area contributed by atoms with Gasteiger partial charge in [0.1, 0.15) is 17.2 Å². The van der Waals surface area contributed by atoms with Gasteiger partial charge in [0, 0.05) is 54.3 Å². The van der Waals surface area contributed by atoms with Crippen LogP contribution in [0.3, 0.4) is 0 Å². The molecule has 1 aromatic heterocycles. The second-order valence-corrected chi connectivity index (χ2v) is 12.6. The largest absolute Gasteiger partial charge is 0.506 e. The van der Waals surface area contributed by atoms with Crippen LogP contribution in [0.15, 0.2) is 102 Å². The van der Waals surface area contributed by atoms with Gasteiger partial charge in [-0.15, -0.1) is 0 Å². The molecular weight excluding hydrogens is 684 g/mol. The molecule has 0 radical (unpaired) electrons. The number of amides is 2. The van der Waals surface area contributed by atoms with Gasteiger partial charge < -0.3 is 50.4 Å². The van der Waals surface area contributed by atoms with Crippen molar-refractivity contribution in [3.63, 3.8) is 0 Å². The molecule has 53 heavy (non-hydrogen) atoms. The number of pyridine rings is 1. The topological polar surface area (TPSA) is 211 Å². The molecular formula is C39H38N4O10. The number of nitrogens with zero attached hydrogens (tertiary/aromatic N) is 1. The lowest BCUT2D eigenvalue weighted by Gasteiger charge is -2.39. The Morgan fingerprint density at radius 1 is 0.962 bits per heavy atom. The smallest absolute Gasteiger partial charge is 0.345 e. The Hall–Kier alpha value is -6.22. The Kier molecular flexibility index (Phi) is 10.7. The van der Waals surface area contributed by atoms with Gasteiger partial charge in [-0.1, -0.05) is 54.6 Å². The molecule has 1 saturated heterocycles. The summed E-state index contributed by atoms with van der Waals surface area (Å²) in [6.07, 6.45) is -0.946. The van der Waals surface area contributed by atoms with Crippen molar-refractivity contribution in [3.05, 3.63) is 135 Å². The molecule has 6 rings (SSSR count). The number of aromatic amines is 1. The van der Waals surface area contributed by atoms with Crippen LogP contribution >= 0.6 is 0 Å². The minimum atomic E-state index is -2.31. The van der Waals surface area contributed by atoms with Gasteiger partial charge in [0.2, 0.25) is 11.2 Å². The van der Waals surface area contributed by atoms with Gasteiger partial charge in [-0.2, -0.15) is 0 Å². The zero-order valence-corrected chi connectivity index (χ0v) is 28.6. The number of carboxylic acids is 1. The van der Waals surface area contributed by atoms with Gasteiger partial charge in [-0.25, -0.2) is 4.79 Å². The van der Waals surface area contributed by atoms with Crippen LogP contribution in [0, 0.1) is 0 Å². The normalized spacial score (nSPS) is 14.5. The molecule has 14 nitrogen and oxygen atoms in total. The Morgan fingerprint density at radius 2 is 1.72 bits per heavy atom. The highest BCUT2D eigenvalue weighted by Crippen LogP contribution is 2.32. The second-order valence-electron chi connectivity index (χ2n) is 12.6. The molecule has 2 atom stereocenters. The van der Waals surface area contributed by atoms with E-state index in [1.54, 1.807) is 59.5 Å². The van der Waals surface area contributed by atoms with Crippen molar-refractivity contribution >= 4 is 28.7 Å². The standard InChI is InChI=1S/C39H38N4O10/c1-52-33-16-23(10-11-24(33)18-40-19-32(45)29-12-14-31(44)36-30(29)13-15-34(46)42-36)37(48)43-20-27(21-43)41-35(47)22-53-28-9-5-8-26(17-28)39(51,38(49)50)25-6-3-2-4-7-25/h2-17,27,32,40,44-45,51H,18-22H2,1H3,(H,41,47)(H,42,46)(H,49,50). The van der Waals surface area contributed by atoms with E-state index in [0.29, 0.717) is 28.8 Å². The number of nitrogens with one attached hydrogen (secondary N) is 3. The number of aliphatic hydroxyl groups excluding tert-OH is 1. The third-order valence-electron chi connectivity index (χ3n) is 9.11. The van der Waals surface area contributed by atoms with Crippen LogP contribution in [0.2, 0.25) is 0 Å². The maximum Gasteiger partial charge on any atom is 0.345 e. The molecule has 0 bridgehead atoms. The van der Waals surface area contributed by atoms with Crippen LogP contribution in [0.25, 0.3) is 10.9 Å². The van der Waals surface area contributed by atoms with Crippen LogP contribution in [0.4, 0.5) is 0 Å². The van der Waals surface area contributed by atoms with Crippen molar-refractivity contribution in [1.82, 2.24) is 20.5 Å². The van der Waals surface area contributed by atoms with E-state index in [4.69, 9.17) is 9.47 Å². The maximum absolute atomic E-state index is 13.2. The summed E-state index contributed by atoms with van der Waals surface area (Å²) in [4.78, 5) is 53.8. The molecule has 2 amide bonds. The number of hydrogen-bond donors (Lipinski definition) is 7. The summed E-state index contributed by atoms with van der Waals surface area (Å²) in [5, 5.41) is 48.5. The number of rotatable bonds is 14. The van der Waals surface area contributed by atoms with Gasteiger partial charge in [0.05, 0.1) is 24.8 Å². The molecule has 0 aliphatic carbocycles. The Balaban J connectivity index is 0.981. The fourth-order valence-electron chi connectivity index (χ4n) is 6.27. The van der Waals surface area contributed by atoms with E-state index in [2.05, 4.69) is 15.6 Å². The maximum atomic E-state index is 13.2. The molecule has 0 saturated carbocycles. The lowest BCUT2D eigenvalue weighted by atomic mass is 9.86. The molecule has 4 aromatic carbocycles. The number of H-pyrrole nitrogens is 1. The Bertz CT molecular complexity index is 2200. The number of benzene rings is 4. The summed E-state index contributed by atoms with van der Waals surface area (Å²) in [5.74, 6) is -1.54. The molecule has 5 aromatic rings. The summed E-state index contributed by atoms with van der Waals surface area (Å²) in [5.41, 5.74) is -0.497. The van der Waals surface area contributed by atoms with Crippen molar-refractivity contribution < 1.29 is 44.3 Å². The first kappa shape index (κ1) is 36.6. The lowest BCUT2D eigenvalue weighted by molar-refractivity contribution is -0.155. The van der Waals surface area contributed by atoms with Crippen molar-refractivity contribution in [2.75, 3.05) is 33.4 Å². The van der Waals surface area contributed by atoms with Crippen molar-refractivity contribution in [1.29, 1.82) is 0 Å². The zero-order chi connectivity index (χ0) is 37.7. The number of phenolic OH excluding ortho intramolecular Hbond substituents is 1. The minimum absolute atomic E-state index is 0.0711. The second kappa shape index (κ2) is 15.6. The average Bonchev–Trinajstić information content (AvgIpc) is 3.15. The van der Waals surface area contributed by atoms with Crippen LogP contribution in [0.1, 0.15) is 38.7 Å².